The van der Waals surface area contributed by atoms with Crippen LogP contribution in [0.15, 0.2) is 47.8 Å². The lowest BCUT2D eigenvalue weighted by Gasteiger charge is -1.93. The molecule has 0 unspecified atom stereocenters. The molecule has 0 amide bonds. The lowest BCUT2D eigenvalue weighted by molar-refractivity contribution is 1.42. The van der Waals surface area contributed by atoms with Crippen molar-refractivity contribution in [1.82, 2.24) is 4.98 Å². The number of hydrogen-bond acceptors (Lipinski definition) is 3. The number of hydrogen-bond donors (Lipinski definition) is 0. The summed E-state index contributed by atoms with van der Waals surface area (Å²) >= 11 is 3.27. The van der Waals surface area contributed by atoms with Crippen LogP contribution in [0.3, 0.4) is 0 Å². The van der Waals surface area contributed by atoms with Crippen molar-refractivity contribution in [3.05, 3.63) is 53.2 Å². The molecule has 16 heavy (non-hydrogen) atoms. The van der Waals surface area contributed by atoms with Crippen molar-refractivity contribution in [2.75, 3.05) is 0 Å². The fourth-order valence-electron chi connectivity index (χ4n) is 1.47. The van der Waals surface area contributed by atoms with E-state index in [-0.39, 0.29) is 0 Å². The van der Waals surface area contributed by atoms with Gasteiger partial charge in [0.15, 0.2) is 0 Å². The van der Waals surface area contributed by atoms with Crippen LogP contribution >= 0.6 is 22.7 Å². The summed E-state index contributed by atoms with van der Waals surface area (Å²) in [5.41, 5.74) is 2.12. The highest BCUT2D eigenvalue weighted by molar-refractivity contribution is 7.15. The number of thiophene rings is 1. The van der Waals surface area contributed by atoms with Crippen LogP contribution < -0.4 is 0 Å². The van der Waals surface area contributed by atoms with Gasteiger partial charge in [-0.05, 0) is 11.4 Å². The van der Waals surface area contributed by atoms with Crippen LogP contribution in [0, 0.1) is 5.38 Å². The van der Waals surface area contributed by atoms with Crippen molar-refractivity contribution in [1.29, 1.82) is 0 Å². The van der Waals surface area contributed by atoms with Gasteiger partial charge in [-0.2, -0.15) is 0 Å². The average molecular weight is 242 g/mol. The third-order valence-electron chi connectivity index (χ3n) is 2.23. The molecule has 1 aromatic carbocycles. The minimum Gasteiger partial charge on any atom is -0.234 e. The highest BCUT2D eigenvalue weighted by Crippen LogP contribution is 2.30. The Hall–Kier alpha value is -1.45. The van der Waals surface area contributed by atoms with E-state index in [1.807, 2.05) is 24.3 Å². The van der Waals surface area contributed by atoms with Gasteiger partial charge in [-0.1, -0.05) is 36.4 Å². The zero-order valence-corrected chi connectivity index (χ0v) is 10.0. The van der Waals surface area contributed by atoms with E-state index in [9.17, 15) is 0 Å². The third-order valence-corrected chi connectivity index (χ3v) is 3.93. The van der Waals surface area contributed by atoms with Crippen molar-refractivity contribution in [2.24, 2.45) is 0 Å². The number of nitrogens with zero attached hydrogens (tertiary/aromatic N) is 1. The molecule has 3 heteroatoms. The quantitative estimate of drug-likeness (QED) is 0.651. The zero-order valence-electron chi connectivity index (χ0n) is 8.38. The summed E-state index contributed by atoms with van der Waals surface area (Å²) in [5.74, 6) is 0. The Morgan fingerprint density at radius 1 is 1.00 bits per heavy atom. The van der Waals surface area contributed by atoms with Gasteiger partial charge in [0.25, 0.3) is 0 Å². The normalized spacial score (nSPS) is 10.5. The maximum Gasteiger partial charge on any atom is 0.124 e. The van der Waals surface area contributed by atoms with Crippen LogP contribution in [-0.2, 0) is 0 Å². The standard InChI is InChI=1S/C13H8NS2/c1-2-5-10(6-3-1)13-14-11(9-16-13)12-7-4-8-15-12/h1-8H. The molecule has 0 aliphatic heterocycles. The van der Waals surface area contributed by atoms with Gasteiger partial charge in [0, 0.05) is 5.56 Å². The Morgan fingerprint density at radius 3 is 2.62 bits per heavy atom. The second-order valence-corrected chi connectivity index (χ2v) is 5.06. The van der Waals surface area contributed by atoms with Crippen LogP contribution in [0.5, 0.6) is 0 Å². The predicted molar refractivity (Wildman–Crippen MR) is 69.7 cm³/mol. The maximum absolute atomic E-state index is 4.60. The number of thiazole rings is 1. The van der Waals surface area contributed by atoms with E-state index in [2.05, 4.69) is 33.9 Å². The lowest BCUT2D eigenvalue weighted by Crippen LogP contribution is -1.75. The van der Waals surface area contributed by atoms with Crippen molar-refractivity contribution in [3.8, 4) is 21.1 Å². The molecule has 0 aliphatic rings. The predicted octanol–water partition coefficient (Wildman–Crippen LogP) is 4.34. The first-order valence-electron chi connectivity index (χ1n) is 4.91. The molecule has 0 saturated heterocycles. The molecule has 0 aliphatic carbocycles. The summed E-state index contributed by atoms with van der Waals surface area (Å²) in [6.07, 6.45) is 0. The SMILES string of the molecule is [c]1sc(-c2ccccc2)nc1-c1cccs1. The van der Waals surface area contributed by atoms with E-state index in [4.69, 9.17) is 0 Å². The molecular weight excluding hydrogens is 234 g/mol. The summed E-state index contributed by atoms with van der Waals surface area (Å²) in [5, 5.41) is 6.34. The van der Waals surface area contributed by atoms with Crippen molar-refractivity contribution in [3.63, 3.8) is 0 Å². The Kier molecular flexibility index (Phi) is 2.56. The van der Waals surface area contributed by atoms with E-state index >= 15 is 0 Å². The second kappa shape index (κ2) is 4.20. The number of benzene rings is 1. The van der Waals surface area contributed by atoms with Gasteiger partial charge in [0.05, 0.1) is 10.3 Å². The Balaban J connectivity index is 2.00. The molecule has 1 radical (unpaired) electrons. The van der Waals surface area contributed by atoms with Crippen LogP contribution in [-0.4, -0.2) is 4.98 Å². The van der Waals surface area contributed by atoms with E-state index < -0.39 is 0 Å². The molecule has 1 nitrogen and oxygen atoms in total. The minimum absolute atomic E-state index is 0.957. The zero-order chi connectivity index (χ0) is 10.8. The summed E-state index contributed by atoms with van der Waals surface area (Å²) in [7, 11) is 0. The number of aromatic nitrogens is 1. The second-order valence-electron chi connectivity index (χ2n) is 3.31. The largest absolute Gasteiger partial charge is 0.234 e. The third kappa shape index (κ3) is 1.79. The summed E-state index contributed by atoms with van der Waals surface area (Å²) < 4.78 is 0. The van der Waals surface area contributed by atoms with Crippen molar-refractivity contribution < 1.29 is 0 Å². The van der Waals surface area contributed by atoms with Gasteiger partial charge in [0.1, 0.15) is 10.7 Å². The number of rotatable bonds is 2. The minimum atomic E-state index is 0.957. The van der Waals surface area contributed by atoms with Gasteiger partial charge in [0.2, 0.25) is 0 Å². The fraction of sp³-hybridized carbons (Fsp3) is 0. The van der Waals surface area contributed by atoms with Gasteiger partial charge < -0.3 is 0 Å². The van der Waals surface area contributed by atoms with Gasteiger partial charge in [-0.3, -0.25) is 0 Å². The van der Waals surface area contributed by atoms with Crippen LogP contribution in [0.25, 0.3) is 21.1 Å². The molecule has 77 valence electrons. The van der Waals surface area contributed by atoms with Crippen LogP contribution in [0.1, 0.15) is 0 Å². The fourth-order valence-corrected chi connectivity index (χ4v) is 2.94. The van der Waals surface area contributed by atoms with Gasteiger partial charge in [-0.25, -0.2) is 4.98 Å². The molecule has 3 aromatic rings. The highest BCUT2D eigenvalue weighted by Gasteiger charge is 2.06. The summed E-state index contributed by atoms with van der Waals surface area (Å²) in [6.45, 7) is 0. The van der Waals surface area contributed by atoms with E-state index in [0.29, 0.717) is 0 Å². The molecule has 3 rings (SSSR count). The maximum atomic E-state index is 4.60. The highest BCUT2D eigenvalue weighted by atomic mass is 32.1. The van der Waals surface area contributed by atoms with Crippen molar-refractivity contribution in [2.45, 2.75) is 0 Å². The molecule has 0 fully saturated rings. The first-order chi connectivity index (χ1) is 7.93. The van der Waals surface area contributed by atoms with Crippen molar-refractivity contribution >= 4 is 22.7 Å². The van der Waals surface area contributed by atoms with Crippen LogP contribution in [0.2, 0.25) is 0 Å². The van der Waals surface area contributed by atoms with E-state index in [1.54, 1.807) is 22.7 Å². The van der Waals surface area contributed by atoms with Gasteiger partial charge >= 0.3 is 0 Å². The molecule has 0 spiro atoms. The van der Waals surface area contributed by atoms with E-state index in [1.165, 1.54) is 4.88 Å². The summed E-state index contributed by atoms with van der Waals surface area (Å²) in [4.78, 5) is 5.78. The Bertz CT molecular complexity index is 567. The molecule has 0 atom stereocenters. The average Bonchev–Trinajstić information content (AvgIpc) is 3.01. The smallest absolute Gasteiger partial charge is 0.124 e. The Labute approximate surface area is 102 Å². The van der Waals surface area contributed by atoms with E-state index in [0.717, 1.165) is 16.3 Å². The first kappa shape index (κ1) is 9.75. The molecule has 2 heterocycles. The molecular formula is C13H8NS2. The molecule has 2 aromatic heterocycles. The van der Waals surface area contributed by atoms with Crippen LogP contribution in [0.4, 0.5) is 0 Å². The first-order valence-corrected chi connectivity index (χ1v) is 6.61. The molecule has 0 saturated carbocycles. The van der Waals surface area contributed by atoms with Gasteiger partial charge in [-0.15, -0.1) is 22.7 Å². The Morgan fingerprint density at radius 2 is 1.88 bits per heavy atom. The molecule has 0 N–H and O–H groups in total. The topological polar surface area (TPSA) is 12.9 Å². The lowest BCUT2D eigenvalue weighted by atomic mass is 10.2. The summed E-state index contributed by atoms with van der Waals surface area (Å²) in [6, 6.07) is 14.3. The molecule has 0 bridgehead atoms. The monoisotopic (exact) mass is 242 g/mol.